The number of thiophene rings is 1. The van der Waals surface area contributed by atoms with Gasteiger partial charge in [0.25, 0.3) is 5.91 Å². The molecule has 0 aliphatic heterocycles. The Morgan fingerprint density at radius 1 is 1.18 bits per heavy atom. The Balaban J connectivity index is 1.32. The van der Waals surface area contributed by atoms with Gasteiger partial charge in [-0.15, -0.1) is 16.4 Å². The van der Waals surface area contributed by atoms with Crippen molar-refractivity contribution in [1.29, 1.82) is 0 Å². The first kappa shape index (κ1) is 16.5. The zero-order valence-electron chi connectivity index (χ0n) is 14.5. The molecule has 0 atom stereocenters. The lowest BCUT2D eigenvalue weighted by atomic mass is 10.1. The summed E-state index contributed by atoms with van der Waals surface area (Å²) in [5, 5.41) is 8.88. The molecule has 28 heavy (non-hydrogen) atoms. The molecule has 0 saturated carbocycles. The maximum absolute atomic E-state index is 12.5. The molecule has 5 rings (SSSR count). The van der Waals surface area contributed by atoms with Crippen molar-refractivity contribution in [1.82, 2.24) is 24.9 Å². The summed E-state index contributed by atoms with van der Waals surface area (Å²) in [5.74, 6) is 0.520. The van der Waals surface area contributed by atoms with Gasteiger partial charge in [0.2, 0.25) is 11.8 Å². The zero-order chi connectivity index (χ0) is 19.1. The lowest BCUT2D eigenvalue weighted by molar-refractivity contribution is 0.0951. The van der Waals surface area contributed by atoms with Crippen LogP contribution < -0.4 is 11.1 Å². The number of nitrogens with one attached hydrogen (secondary N) is 1. The highest BCUT2D eigenvalue weighted by Crippen LogP contribution is 2.26. The van der Waals surface area contributed by atoms with Crippen LogP contribution in [-0.2, 0) is 6.54 Å². The maximum atomic E-state index is 12.5. The molecule has 1 amide bonds. The molecule has 4 aromatic heterocycles. The number of nitrogen functional groups attached to an aromatic ring is 1. The molecular formula is C19H14N6O2S. The second kappa shape index (κ2) is 6.46. The molecule has 0 aliphatic carbocycles. The van der Waals surface area contributed by atoms with E-state index in [0.717, 1.165) is 16.6 Å². The normalized spacial score (nSPS) is 11.3. The molecule has 0 fully saturated rings. The van der Waals surface area contributed by atoms with Crippen LogP contribution in [0.25, 0.3) is 27.9 Å². The third kappa shape index (κ3) is 2.97. The number of carbonyl (C=O) groups excluding carboxylic acids is 1. The number of hydrogen-bond donors (Lipinski definition) is 2. The van der Waals surface area contributed by atoms with Gasteiger partial charge in [-0.3, -0.25) is 4.79 Å². The molecule has 0 radical (unpaired) electrons. The van der Waals surface area contributed by atoms with Gasteiger partial charge in [-0.25, -0.2) is 9.50 Å². The van der Waals surface area contributed by atoms with E-state index < -0.39 is 0 Å². The quantitative estimate of drug-likeness (QED) is 0.488. The van der Waals surface area contributed by atoms with Gasteiger partial charge in [0.15, 0.2) is 11.2 Å². The predicted octanol–water partition coefficient (Wildman–Crippen LogP) is 3.11. The van der Waals surface area contributed by atoms with Gasteiger partial charge in [0, 0.05) is 11.8 Å². The van der Waals surface area contributed by atoms with E-state index in [0.29, 0.717) is 22.0 Å². The van der Waals surface area contributed by atoms with E-state index in [9.17, 15) is 4.79 Å². The molecule has 5 aromatic rings. The Morgan fingerprint density at radius 2 is 2.07 bits per heavy atom. The number of rotatable bonds is 4. The fourth-order valence-electron chi connectivity index (χ4n) is 2.92. The van der Waals surface area contributed by atoms with Crippen LogP contribution in [0.2, 0.25) is 0 Å². The van der Waals surface area contributed by atoms with Gasteiger partial charge in [-0.1, -0.05) is 12.1 Å². The van der Waals surface area contributed by atoms with Crippen molar-refractivity contribution in [2.24, 2.45) is 0 Å². The van der Waals surface area contributed by atoms with Crippen LogP contribution in [0.3, 0.4) is 0 Å². The lowest BCUT2D eigenvalue weighted by Crippen LogP contribution is -2.21. The number of oxazole rings is 1. The van der Waals surface area contributed by atoms with E-state index >= 15 is 0 Å². The number of fused-ring (bicyclic) bond motifs is 2. The lowest BCUT2D eigenvalue weighted by Gasteiger charge is -2.00. The van der Waals surface area contributed by atoms with Crippen LogP contribution in [0.15, 0.2) is 58.5 Å². The van der Waals surface area contributed by atoms with Crippen molar-refractivity contribution in [2.75, 3.05) is 5.73 Å². The fourth-order valence-corrected chi connectivity index (χ4v) is 3.75. The number of nitrogens with two attached hydrogens (primary N) is 1. The molecule has 9 heteroatoms. The number of nitrogens with zero attached hydrogens (tertiary/aromatic N) is 4. The molecule has 0 spiro atoms. The monoisotopic (exact) mass is 390 g/mol. The van der Waals surface area contributed by atoms with Gasteiger partial charge >= 0.3 is 0 Å². The van der Waals surface area contributed by atoms with Crippen LogP contribution in [0.1, 0.15) is 15.6 Å². The van der Waals surface area contributed by atoms with Gasteiger partial charge in [0.05, 0.1) is 11.4 Å². The second-order valence-electron chi connectivity index (χ2n) is 6.15. The van der Waals surface area contributed by atoms with Crippen LogP contribution in [-0.4, -0.2) is 25.5 Å². The summed E-state index contributed by atoms with van der Waals surface area (Å²) >= 11 is 1.37. The Bertz CT molecular complexity index is 1290. The van der Waals surface area contributed by atoms with Crippen molar-refractivity contribution >= 4 is 39.9 Å². The highest BCUT2D eigenvalue weighted by Gasteiger charge is 2.13. The Morgan fingerprint density at radius 3 is 2.96 bits per heavy atom. The minimum Gasteiger partial charge on any atom is -0.439 e. The minimum atomic E-state index is -0.176. The number of aromatic nitrogens is 4. The summed E-state index contributed by atoms with van der Waals surface area (Å²) in [6.45, 7) is 0.227. The molecule has 0 bridgehead atoms. The number of pyridine rings is 1. The van der Waals surface area contributed by atoms with Crippen LogP contribution >= 0.6 is 11.3 Å². The summed E-state index contributed by atoms with van der Waals surface area (Å²) in [4.78, 5) is 21.5. The summed E-state index contributed by atoms with van der Waals surface area (Å²) in [7, 11) is 0. The smallest absolute Gasteiger partial charge is 0.261 e. The summed E-state index contributed by atoms with van der Waals surface area (Å²) < 4.78 is 7.24. The van der Waals surface area contributed by atoms with Crippen molar-refractivity contribution < 1.29 is 9.21 Å². The van der Waals surface area contributed by atoms with Crippen molar-refractivity contribution in [3.63, 3.8) is 0 Å². The number of para-hydroxylation sites is 2. The molecule has 1 aromatic carbocycles. The third-order valence-corrected chi connectivity index (χ3v) is 5.17. The minimum absolute atomic E-state index is 0.176. The van der Waals surface area contributed by atoms with E-state index in [-0.39, 0.29) is 18.4 Å². The average molecular weight is 390 g/mol. The maximum Gasteiger partial charge on any atom is 0.261 e. The largest absolute Gasteiger partial charge is 0.439 e. The molecular weight excluding hydrogens is 376 g/mol. The van der Waals surface area contributed by atoms with E-state index in [1.165, 1.54) is 11.3 Å². The fraction of sp³-hybridized carbons (Fsp3) is 0.0526. The summed E-state index contributed by atoms with van der Waals surface area (Å²) in [6, 6.07) is 13.1. The summed E-state index contributed by atoms with van der Waals surface area (Å²) in [5.41, 5.74) is 9.62. The first-order chi connectivity index (χ1) is 13.7. The van der Waals surface area contributed by atoms with E-state index in [1.807, 2.05) is 54.0 Å². The van der Waals surface area contributed by atoms with Crippen LogP contribution in [0.5, 0.6) is 0 Å². The highest BCUT2D eigenvalue weighted by molar-refractivity contribution is 7.12. The van der Waals surface area contributed by atoms with Crippen molar-refractivity contribution in [2.45, 2.75) is 6.54 Å². The Labute approximate surface area is 162 Å². The van der Waals surface area contributed by atoms with Gasteiger partial charge < -0.3 is 15.5 Å². The number of carbonyl (C=O) groups is 1. The van der Waals surface area contributed by atoms with Crippen LogP contribution in [0, 0.1) is 0 Å². The van der Waals surface area contributed by atoms with E-state index in [4.69, 9.17) is 10.2 Å². The topological polar surface area (TPSA) is 111 Å². The van der Waals surface area contributed by atoms with E-state index in [2.05, 4.69) is 20.4 Å². The first-order valence-corrected chi connectivity index (χ1v) is 9.37. The summed E-state index contributed by atoms with van der Waals surface area (Å²) in [6.07, 6.45) is 1.83. The van der Waals surface area contributed by atoms with E-state index in [1.54, 1.807) is 4.52 Å². The van der Waals surface area contributed by atoms with Gasteiger partial charge in [-0.2, -0.15) is 4.98 Å². The van der Waals surface area contributed by atoms with Crippen molar-refractivity contribution in [3.05, 3.63) is 64.8 Å². The van der Waals surface area contributed by atoms with Gasteiger partial charge in [-0.05, 0) is 41.3 Å². The number of anilines is 1. The first-order valence-electron chi connectivity index (χ1n) is 8.49. The van der Waals surface area contributed by atoms with Gasteiger partial charge in [0.1, 0.15) is 5.52 Å². The highest BCUT2D eigenvalue weighted by atomic mass is 32.1. The Hall–Kier alpha value is -3.72. The molecule has 8 nitrogen and oxygen atoms in total. The SMILES string of the molecule is Nc1nc2ccc(-c3csc(C(=O)NCc4nc5ccccc5o4)c3)cn2n1. The standard InChI is InChI=1S/C19H14N6O2S/c20-19-23-16-6-5-11(9-25(16)24-19)12-7-15(28-10-12)18(26)21-8-17-22-13-3-1-2-4-14(13)27-17/h1-7,9-10H,8H2,(H2,20,24)(H,21,26). The number of hydrogen-bond acceptors (Lipinski definition) is 7. The zero-order valence-corrected chi connectivity index (χ0v) is 15.3. The number of amides is 1. The third-order valence-electron chi connectivity index (χ3n) is 4.24. The Kier molecular flexibility index (Phi) is 3.80. The molecule has 138 valence electrons. The molecule has 0 saturated heterocycles. The predicted molar refractivity (Wildman–Crippen MR) is 106 cm³/mol. The molecule has 0 aliphatic rings. The van der Waals surface area contributed by atoms with Crippen molar-refractivity contribution in [3.8, 4) is 11.1 Å². The molecule has 4 heterocycles. The molecule has 3 N–H and O–H groups in total. The molecule has 0 unspecified atom stereocenters. The van der Waals surface area contributed by atoms with Crippen LogP contribution in [0.4, 0.5) is 5.95 Å². The second-order valence-corrected chi connectivity index (χ2v) is 7.06. The number of benzene rings is 1. The average Bonchev–Trinajstić information content (AvgIpc) is 3.41.